The fourth-order valence-electron chi connectivity index (χ4n) is 2.83. The Balaban J connectivity index is 1.80. The molecule has 0 spiro atoms. The van der Waals surface area contributed by atoms with Crippen molar-refractivity contribution in [3.05, 3.63) is 47.5 Å². The lowest BCUT2D eigenvalue weighted by atomic mass is 9.85. The quantitative estimate of drug-likeness (QED) is 0.568. The minimum Gasteiger partial charge on any atom is -0.376 e. The normalized spacial score (nSPS) is 21.6. The average Bonchev–Trinajstić information content (AvgIpc) is 2.51. The highest BCUT2D eigenvalue weighted by molar-refractivity contribution is 5.26. The molecule has 0 fully saturated rings. The summed E-state index contributed by atoms with van der Waals surface area (Å²) in [5.74, 6) is 1.43. The molecule has 0 bridgehead atoms. The van der Waals surface area contributed by atoms with Crippen LogP contribution < -0.4 is 5.32 Å². The van der Waals surface area contributed by atoms with Crippen molar-refractivity contribution in [2.24, 2.45) is 11.8 Å². The van der Waals surface area contributed by atoms with Crippen LogP contribution in [0.1, 0.15) is 44.2 Å². The van der Waals surface area contributed by atoms with Crippen LogP contribution in [0.25, 0.3) is 0 Å². The minimum absolute atomic E-state index is 0.681. The van der Waals surface area contributed by atoms with E-state index >= 15 is 0 Å². The molecule has 2 rings (SSSR count). The van der Waals surface area contributed by atoms with Crippen molar-refractivity contribution in [3.63, 3.8) is 0 Å². The van der Waals surface area contributed by atoms with Gasteiger partial charge in [0.25, 0.3) is 0 Å². The van der Waals surface area contributed by atoms with E-state index in [4.69, 9.17) is 4.74 Å². The predicted molar refractivity (Wildman–Crippen MR) is 89.1 cm³/mol. The third kappa shape index (κ3) is 5.29. The molecule has 0 heterocycles. The van der Waals surface area contributed by atoms with Crippen LogP contribution in [-0.2, 0) is 17.9 Å². The number of benzene rings is 1. The molecule has 1 aromatic rings. The summed E-state index contributed by atoms with van der Waals surface area (Å²) in [6.07, 6.45) is 8.14. The van der Waals surface area contributed by atoms with Crippen molar-refractivity contribution >= 4 is 0 Å². The van der Waals surface area contributed by atoms with Gasteiger partial charge in [-0.05, 0) is 48.8 Å². The maximum absolute atomic E-state index is 6.01. The summed E-state index contributed by atoms with van der Waals surface area (Å²) in [6.45, 7) is 8.15. The van der Waals surface area contributed by atoms with Gasteiger partial charge in [-0.2, -0.15) is 0 Å². The molecule has 2 heteroatoms. The summed E-state index contributed by atoms with van der Waals surface area (Å²) in [4.78, 5) is 0. The Morgan fingerprint density at radius 3 is 2.67 bits per heavy atom. The highest BCUT2D eigenvalue weighted by Crippen LogP contribution is 2.25. The molecule has 0 saturated heterocycles. The third-order valence-electron chi connectivity index (χ3n) is 4.37. The van der Waals surface area contributed by atoms with Crippen LogP contribution in [-0.4, -0.2) is 13.2 Å². The van der Waals surface area contributed by atoms with Crippen LogP contribution in [0, 0.1) is 11.8 Å². The van der Waals surface area contributed by atoms with Gasteiger partial charge in [0.15, 0.2) is 0 Å². The van der Waals surface area contributed by atoms with Crippen molar-refractivity contribution in [1.82, 2.24) is 5.32 Å². The van der Waals surface area contributed by atoms with Crippen LogP contribution in [0.2, 0.25) is 0 Å². The molecule has 1 N–H and O–H groups in total. The molecule has 116 valence electrons. The van der Waals surface area contributed by atoms with Gasteiger partial charge in [0, 0.05) is 6.54 Å². The van der Waals surface area contributed by atoms with Crippen molar-refractivity contribution in [2.45, 2.75) is 46.3 Å². The largest absolute Gasteiger partial charge is 0.376 e. The summed E-state index contributed by atoms with van der Waals surface area (Å²) < 4.78 is 6.01. The van der Waals surface area contributed by atoms with Crippen LogP contribution in [0.3, 0.4) is 0 Å². The monoisotopic (exact) mass is 287 g/mol. The van der Waals surface area contributed by atoms with Crippen molar-refractivity contribution in [2.75, 3.05) is 13.2 Å². The van der Waals surface area contributed by atoms with Crippen molar-refractivity contribution < 1.29 is 4.74 Å². The number of rotatable bonds is 8. The first-order valence-electron chi connectivity index (χ1n) is 8.31. The minimum atomic E-state index is 0.681. The Bertz CT molecular complexity index is 441. The fraction of sp³-hybridized carbons (Fsp3) is 0.579. The Hall–Kier alpha value is -1.12. The Kier molecular flexibility index (Phi) is 6.98. The first-order chi connectivity index (χ1) is 10.3. The smallest absolute Gasteiger partial charge is 0.0720 e. The molecule has 0 saturated carbocycles. The molecular formula is C19H29NO. The second-order valence-electron chi connectivity index (χ2n) is 6.14. The van der Waals surface area contributed by atoms with E-state index in [0.29, 0.717) is 5.92 Å². The van der Waals surface area contributed by atoms with Crippen molar-refractivity contribution in [3.8, 4) is 0 Å². The zero-order valence-corrected chi connectivity index (χ0v) is 13.5. The molecule has 1 aliphatic rings. The van der Waals surface area contributed by atoms with E-state index in [-0.39, 0.29) is 0 Å². The summed E-state index contributed by atoms with van der Waals surface area (Å²) in [5, 5.41) is 3.47. The number of allylic oxidation sites excluding steroid dienone is 2. The highest BCUT2D eigenvalue weighted by atomic mass is 16.5. The maximum Gasteiger partial charge on any atom is 0.0720 e. The SMILES string of the molecule is CCCNCc1ccccc1COCC1CC=CCC1C. The topological polar surface area (TPSA) is 21.3 Å². The number of nitrogens with one attached hydrogen (secondary N) is 1. The first-order valence-corrected chi connectivity index (χ1v) is 8.31. The van der Waals surface area contributed by atoms with Crippen LogP contribution in [0.15, 0.2) is 36.4 Å². The Morgan fingerprint density at radius 2 is 1.90 bits per heavy atom. The van der Waals surface area contributed by atoms with Crippen molar-refractivity contribution in [1.29, 1.82) is 0 Å². The summed E-state index contributed by atoms with van der Waals surface area (Å²) in [7, 11) is 0. The molecule has 0 aromatic heterocycles. The van der Waals surface area contributed by atoms with Gasteiger partial charge in [0.1, 0.15) is 0 Å². The highest BCUT2D eigenvalue weighted by Gasteiger charge is 2.18. The Morgan fingerprint density at radius 1 is 1.14 bits per heavy atom. The van der Waals surface area contributed by atoms with Gasteiger partial charge in [-0.15, -0.1) is 0 Å². The number of hydrogen-bond donors (Lipinski definition) is 1. The average molecular weight is 287 g/mol. The molecule has 2 atom stereocenters. The second kappa shape index (κ2) is 9.01. The fourth-order valence-corrected chi connectivity index (χ4v) is 2.83. The summed E-state index contributed by atoms with van der Waals surface area (Å²) >= 11 is 0. The van der Waals surface area contributed by atoms with Gasteiger partial charge >= 0.3 is 0 Å². The van der Waals surface area contributed by atoms with Gasteiger partial charge < -0.3 is 10.1 Å². The third-order valence-corrected chi connectivity index (χ3v) is 4.37. The number of hydrogen-bond acceptors (Lipinski definition) is 2. The van der Waals surface area contributed by atoms with E-state index in [1.165, 1.54) is 30.4 Å². The lowest BCUT2D eigenvalue weighted by molar-refractivity contribution is 0.0676. The molecule has 2 unspecified atom stereocenters. The molecule has 2 nitrogen and oxygen atoms in total. The molecule has 0 radical (unpaired) electrons. The van der Waals surface area contributed by atoms with Gasteiger partial charge in [0.2, 0.25) is 0 Å². The van der Waals surface area contributed by atoms with E-state index in [0.717, 1.165) is 32.2 Å². The first kappa shape index (κ1) is 16.3. The zero-order valence-electron chi connectivity index (χ0n) is 13.5. The molecule has 0 amide bonds. The molecular weight excluding hydrogens is 258 g/mol. The molecule has 1 aliphatic carbocycles. The standard InChI is InChI=1S/C19H29NO/c1-3-12-20-13-17-9-6-7-11-19(17)15-21-14-18-10-5-4-8-16(18)2/h4-7,9,11,16,18,20H,3,8,10,12-15H2,1-2H3. The van der Waals surface area contributed by atoms with Crippen LogP contribution >= 0.6 is 0 Å². The van der Waals surface area contributed by atoms with Gasteiger partial charge in [-0.25, -0.2) is 0 Å². The molecule has 1 aromatic carbocycles. The second-order valence-corrected chi connectivity index (χ2v) is 6.14. The van der Waals surface area contributed by atoms with E-state index in [1.807, 2.05) is 0 Å². The van der Waals surface area contributed by atoms with Gasteiger partial charge in [0.05, 0.1) is 13.2 Å². The van der Waals surface area contributed by atoms with Crippen LogP contribution in [0.5, 0.6) is 0 Å². The van der Waals surface area contributed by atoms with Gasteiger partial charge in [-0.3, -0.25) is 0 Å². The van der Waals surface area contributed by atoms with Gasteiger partial charge in [-0.1, -0.05) is 50.3 Å². The van der Waals surface area contributed by atoms with E-state index in [1.54, 1.807) is 0 Å². The molecule has 21 heavy (non-hydrogen) atoms. The number of ether oxygens (including phenoxy) is 1. The van der Waals surface area contributed by atoms with Crippen LogP contribution in [0.4, 0.5) is 0 Å². The summed E-state index contributed by atoms with van der Waals surface area (Å²) in [6, 6.07) is 8.61. The summed E-state index contributed by atoms with van der Waals surface area (Å²) in [5.41, 5.74) is 2.68. The lowest BCUT2D eigenvalue weighted by Gasteiger charge is -2.25. The van der Waals surface area contributed by atoms with E-state index in [2.05, 4.69) is 55.6 Å². The molecule has 0 aliphatic heterocycles. The maximum atomic E-state index is 6.01. The lowest BCUT2D eigenvalue weighted by Crippen LogP contribution is -2.20. The van der Waals surface area contributed by atoms with E-state index < -0.39 is 0 Å². The van der Waals surface area contributed by atoms with E-state index in [9.17, 15) is 0 Å². The predicted octanol–water partition coefficient (Wildman–Crippen LogP) is 4.31. The zero-order chi connectivity index (χ0) is 14.9. The Labute approximate surface area is 129 Å².